The summed E-state index contributed by atoms with van der Waals surface area (Å²) in [7, 11) is 0. The number of likely N-dealkylation sites (tertiary alicyclic amines) is 1. The molecule has 8 heteroatoms. The van der Waals surface area contributed by atoms with E-state index >= 15 is 0 Å². The first-order chi connectivity index (χ1) is 18.9. The van der Waals surface area contributed by atoms with Gasteiger partial charge in [0, 0.05) is 36.2 Å². The molecule has 0 radical (unpaired) electrons. The smallest absolute Gasteiger partial charge is 0.295 e. The summed E-state index contributed by atoms with van der Waals surface area (Å²) < 4.78 is 12.2. The molecular weight excluding hydrogens is 560 g/mol. The van der Waals surface area contributed by atoms with Crippen molar-refractivity contribution in [2.24, 2.45) is 0 Å². The summed E-state index contributed by atoms with van der Waals surface area (Å²) in [6.45, 7) is 6.31. The highest BCUT2D eigenvalue weighted by atomic mass is 79.9. The molecule has 3 aromatic carbocycles. The zero-order valence-corrected chi connectivity index (χ0v) is 23.4. The van der Waals surface area contributed by atoms with Crippen LogP contribution in [0, 0.1) is 6.92 Å². The van der Waals surface area contributed by atoms with Crippen molar-refractivity contribution in [3.05, 3.63) is 105 Å². The number of morpholine rings is 1. The van der Waals surface area contributed by atoms with Crippen LogP contribution >= 0.6 is 15.9 Å². The van der Waals surface area contributed by atoms with Crippen LogP contribution in [-0.4, -0.2) is 66.0 Å². The number of ether oxygens (including phenoxy) is 2. The van der Waals surface area contributed by atoms with Gasteiger partial charge in [0.15, 0.2) is 0 Å². The summed E-state index contributed by atoms with van der Waals surface area (Å²) in [6.07, 6.45) is 0. The van der Waals surface area contributed by atoms with E-state index < -0.39 is 17.7 Å². The number of carbonyl (C=O) groups is 2. The number of carbonyl (C=O) groups excluding carboxylic acids is 2. The lowest BCUT2D eigenvalue weighted by molar-refractivity contribution is -0.140. The second-order valence-electron chi connectivity index (χ2n) is 9.80. The summed E-state index contributed by atoms with van der Waals surface area (Å²) in [4.78, 5) is 30.4. The van der Waals surface area contributed by atoms with Gasteiger partial charge in [-0.25, -0.2) is 0 Å². The molecule has 0 aromatic heterocycles. The Bertz CT molecular complexity index is 1380. The lowest BCUT2D eigenvalue weighted by Crippen LogP contribution is -2.42. The van der Waals surface area contributed by atoms with Crippen LogP contribution in [0.5, 0.6) is 5.75 Å². The van der Waals surface area contributed by atoms with Crippen LogP contribution in [0.25, 0.3) is 5.76 Å². The highest BCUT2D eigenvalue weighted by Crippen LogP contribution is 2.40. The van der Waals surface area contributed by atoms with E-state index in [1.54, 1.807) is 29.2 Å². The van der Waals surface area contributed by atoms with E-state index in [4.69, 9.17) is 9.47 Å². The predicted molar refractivity (Wildman–Crippen MR) is 152 cm³/mol. The van der Waals surface area contributed by atoms with Gasteiger partial charge < -0.3 is 19.5 Å². The van der Waals surface area contributed by atoms with Gasteiger partial charge in [0.05, 0.1) is 24.8 Å². The maximum Gasteiger partial charge on any atom is 0.295 e. The van der Waals surface area contributed by atoms with Crippen LogP contribution in [0.1, 0.15) is 28.3 Å². The topological polar surface area (TPSA) is 79.3 Å². The molecule has 0 aliphatic carbocycles. The number of Topliss-reactive ketones (excluding diaryl/α,β-unsaturated/α-hetero) is 1. The molecule has 2 aliphatic rings. The molecule has 5 rings (SSSR count). The number of aliphatic hydroxyl groups excluding tert-OH is 1. The number of hydrogen-bond donors (Lipinski definition) is 1. The van der Waals surface area contributed by atoms with Crippen molar-refractivity contribution in [3.8, 4) is 5.75 Å². The number of benzene rings is 3. The second kappa shape index (κ2) is 12.2. The number of amides is 1. The minimum absolute atomic E-state index is 0.0912. The van der Waals surface area contributed by atoms with Crippen LogP contribution in [0.4, 0.5) is 0 Å². The largest absolute Gasteiger partial charge is 0.507 e. The highest BCUT2D eigenvalue weighted by Gasteiger charge is 2.46. The van der Waals surface area contributed by atoms with Crippen molar-refractivity contribution >= 4 is 33.4 Å². The molecule has 1 amide bonds. The second-order valence-corrected chi connectivity index (χ2v) is 10.7. The van der Waals surface area contributed by atoms with E-state index in [1.165, 1.54) is 0 Å². The van der Waals surface area contributed by atoms with Crippen LogP contribution in [0.15, 0.2) is 82.8 Å². The molecule has 3 aromatic rings. The molecule has 0 spiro atoms. The molecule has 1 unspecified atom stereocenters. The minimum atomic E-state index is -0.694. The van der Waals surface area contributed by atoms with Crippen molar-refractivity contribution in [2.45, 2.75) is 19.6 Å². The molecule has 7 nitrogen and oxygen atoms in total. The predicted octanol–water partition coefficient (Wildman–Crippen LogP) is 5.09. The number of aliphatic hydroxyl groups is 1. The zero-order valence-electron chi connectivity index (χ0n) is 21.8. The molecule has 0 saturated carbocycles. The fourth-order valence-corrected chi connectivity index (χ4v) is 5.46. The van der Waals surface area contributed by atoms with Crippen molar-refractivity contribution < 1.29 is 24.2 Å². The zero-order chi connectivity index (χ0) is 27.4. The average molecular weight is 592 g/mol. The Kier molecular flexibility index (Phi) is 8.45. The van der Waals surface area contributed by atoms with E-state index in [1.807, 2.05) is 49.4 Å². The van der Waals surface area contributed by atoms with E-state index in [9.17, 15) is 14.7 Å². The highest BCUT2D eigenvalue weighted by molar-refractivity contribution is 9.10. The summed E-state index contributed by atoms with van der Waals surface area (Å²) >= 11 is 3.50. The molecule has 0 bridgehead atoms. The minimum Gasteiger partial charge on any atom is -0.507 e. The van der Waals surface area contributed by atoms with E-state index in [0.29, 0.717) is 44.2 Å². The van der Waals surface area contributed by atoms with Gasteiger partial charge in [-0.05, 0) is 54.4 Å². The Morgan fingerprint density at radius 3 is 2.46 bits per heavy atom. The van der Waals surface area contributed by atoms with E-state index in [-0.39, 0.29) is 11.3 Å². The first-order valence-corrected chi connectivity index (χ1v) is 13.8. The third-order valence-electron chi connectivity index (χ3n) is 7.08. The molecular formula is C31H31BrN2O5. The molecule has 1 N–H and O–H groups in total. The molecule has 202 valence electrons. The summed E-state index contributed by atoms with van der Waals surface area (Å²) in [6, 6.07) is 21.9. The van der Waals surface area contributed by atoms with Crippen LogP contribution < -0.4 is 4.74 Å². The van der Waals surface area contributed by atoms with Crippen LogP contribution in [0.3, 0.4) is 0 Å². The fourth-order valence-electron chi connectivity index (χ4n) is 5.04. The summed E-state index contributed by atoms with van der Waals surface area (Å²) in [5.74, 6) is -0.841. The molecule has 2 heterocycles. The Balaban J connectivity index is 1.41. The third-order valence-corrected chi connectivity index (χ3v) is 7.57. The van der Waals surface area contributed by atoms with Gasteiger partial charge in [-0.1, -0.05) is 57.9 Å². The number of ketones is 1. The molecule has 2 aliphatic heterocycles. The van der Waals surface area contributed by atoms with E-state index in [2.05, 4.69) is 26.9 Å². The lowest BCUT2D eigenvalue weighted by atomic mass is 9.95. The lowest BCUT2D eigenvalue weighted by Gasteiger charge is -2.31. The van der Waals surface area contributed by atoms with Gasteiger partial charge in [0.1, 0.15) is 18.1 Å². The maximum atomic E-state index is 13.3. The number of hydrogen-bond acceptors (Lipinski definition) is 6. The Morgan fingerprint density at radius 2 is 1.74 bits per heavy atom. The number of aryl methyl sites for hydroxylation is 1. The maximum absolute atomic E-state index is 13.3. The summed E-state index contributed by atoms with van der Waals surface area (Å²) in [5, 5.41) is 11.4. The van der Waals surface area contributed by atoms with Gasteiger partial charge in [0.2, 0.25) is 0 Å². The quantitative estimate of drug-likeness (QED) is 0.224. The number of nitrogens with zero attached hydrogens (tertiary/aromatic N) is 2. The standard InChI is InChI=1S/C31H31BrN2O5/c1-21-4-2-5-22(18-21)20-39-26-10-8-23(9-11-26)29(35)27-28(24-6-3-7-25(32)19-24)34(31(37)30(27)36)13-12-33-14-16-38-17-15-33/h2-11,18-19,28,35H,12-17,20H2,1H3. The Hall–Kier alpha value is -3.46. The molecule has 2 fully saturated rings. The van der Waals surface area contributed by atoms with Crippen molar-refractivity contribution in [3.63, 3.8) is 0 Å². The van der Waals surface area contributed by atoms with Gasteiger partial charge in [-0.3, -0.25) is 14.5 Å². The third kappa shape index (κ3) is 6.24. The SMILES string of the molecule is Cc1cccc(COc2ccc(C(O)=C3C(=O)C(=O)N(CCN4CCOCC4)C3c3cccc(Br)c3)cc2)c1. The van der Waals surface area contributed by atoms with Crippen molar-refractivity contribution in [1.82, 2.24) is 9.80 Å². The van der Waals surface area contributed by atoms with Gasteiger partial charge >= 0.3 is 0 Å². The monoisotopic (exact) mass is 590 g/mol. The fraction of sp³-hybridized carbons (Fsp3) is 0.290. The van der Waals surface area contributed by atoms with Gasteiger partial charge in [0.25, 0.3) is 11.7 Å². The molecule has 2 saturated heterocycles. The van der Waals surface area contributed by atoms with Crippen LogP contribution in [-0.2, 0) is 20.9 Å². The summed E-state index contributed by atoms with van der Waals surface area (Å²) in [5.41, 5.74) is 3.52. The Morgan fingerprint density at radius 1 is 1.00 bits per heavy atom. The van der Waals surface area contributed by atoms with Gasteiger partial charge in [-0.2, -0.15) is 0 Å². The molecule has 1 atom stereocenters. The van der Waals surface area contributed by atoms with Crippen LogP contribution in [0.2, 0.25) is 0 Å². The normalized spacial score (nSPS) is 19.4. The van der Waals surface area contributed by atoms with E-state index in [0.717, 1.165) is 34.3 Å². The average Bonchev–Trinajstić information content (AvgIpc) is 3.20. The van der Waals surface area contributed by atoms with Gasteiger partial charge in [-0.15, -0.1) is 0 Å². The molecule has 39 heavy (non-hydrogen) atoms. The number of rotatable bonds is 8. The van der Waals surface area contributed by atoms with Crippen molar-refractivity contribution in [2.75, 3.05) is 39.4 Å². The van der Waals surface area contributed by atoms with Crippen molar-refractivity contribution in [1.29, 1.82) is 0 Å². The number of halogens is 1. The Labute approximate surface area is 236 Å². The first-order valence-electron chi connectivity index (χ1n) is 13.0. The first kappa shape index (κ1) is 27.1.